The highest BCUT2D eigenvalue weighted by molar-refractivity contribution is 6.02. The minimum absolute atomic E-state index is 0.0515. The molecule has 7 nitrogen and oxygen atoms in total. The maximum Gasteiger partial charge on any atom is 0.414 e. The largest absolute Gasteiger partial charge is 0.444 e. The number of hydrogen-bond donors (Lipinski definition) is 2. The molecule has 0 aliphatic rings. The molecule has 0 unspecified atom stereocenters. The van der Waals surface area contributed by atoms with Crippen molar-refractivity contribution < 1.29 is 19.1 Å². The van der Waals surface area contributed by atoms with Crippen LogP contribution in [0.1, 0.15) is 73.4 Å². The van der Waals surface area contributed by atoms with Gasteiger partial charge in [0.05, 0.1) is 6.54 Å². The van der Waals surface area contributed by atoms with Crippen molar-refractivity contribution in [3.8, 4) is 11.1 Å². The molecule has 0 radical (unpaired) electrons. The van der Waals surface area contributed by atoms with Crippen LogP contribution in [0.3, 0.4) is 0 Å². The zero-order valence-corrected chi connectivity index (χ0v) is 24.6. The second-order valence-corrected chi connectivity index (χ2v) is 12.6. The van der Waals surface area contributed by atoms with Gasteiger partial charge in [0.25, 0.3) is 0 Å². The van der Waals surface area contributed by atoms with E-state index in [1.165, 1.54) is 5.56 Å². The molecule has 0 aromatic heterocycles. The maximum absolute atomic E-state index is 12.4. The third-order valence-corrected chi connectivity index (χ3v) is 5.72. The molecule has 39 heavy (non-hydrogen) atoms. The van der Waals surface area contributed by atoms with E-state index in [1.54, 1.807) is 41.5 Å². The first-order valence-electron chi connectivity index (χ1n) is 13.2. The molecule has 7 heteroatoms. The summed E-state index contributed by atoms with van der Waals surface area (Å²) in [4.78, 5) is 29.4. The molecule has 0 spiro atoms. The first-order valence-corrected chi connectivity index (χ1v) is 13.2. The zero-order chi connectivity index (χ0) is 29.0. The van der Waals surface area contributed by atoms with Crippen molar-refractivity contribution in [2.75, 3.05) is 0 Å². The number of nitrogens with one attached hydrogen (secondary N) is 2. The molecule has 2 amide bonds. The predicted octanol–water partition coefficient (Wildman–Crippen LogP) is 7.71. The number of benzene rings is 3. The Morgan fingerprint density at radius 1 is 0.692 bits per heavy atom. The first kappa shape index (κ1) is 29.7. The van der Waals surface area contributed by atoms with E-state index < -0.39 is 23.4 Å². The molecule has 0 bridgehead atoms. The van der Waals surface area contributed by atoms with Gasteiger partial charge >= 0.3 is 12.2 Å². The fraction of sp³-hybridized carbons (Fsp3) is 0.406. The van der Waals surface area contributed by atoms with Crippen LogP contribution in [0.15, 0.2) is 65.7 Å². The third-order valence-electron chi connectivity index (χ3n) is 5.72. The molecule has 0 aliphatic carbocycles. The maximum atomic E-state index is 12.4. The normalized spacial score (nSPS) is 12.0. The number of nitrogens with zero attached hydrogens (tertiary/aromatic N) is 1. The number of hydrogen-bond acceptors (Lipinski definition) is 5. The average Bonchev–Trinajstić information content (AvgIpc) is 2.79. The lowest BCUT2D eigenvalue weighted by atomic mass is 9.86. The second-order valence-electron chi connectivity index (χ2n) is 12.6. The summed E-state index contributed by atoms with van der Waals surface area (Å²) in [6.07, 6.45) is -1.45. The first-order chi connectivity index (χ1) is 18.0. The molecule has 0 aliphatic heterocycles. The smallest absolute Gasteiger partial charge is 0.414 e. The molecule has 0 saturated heterocycles. The van der Waals surface area contributed by atoms with E-state index in [2.05, 4.69) is 78.9 Å². The summed E-state index contributed by atoms with van der Waals surface area (Å²) in [5.41, 5.74) is 3.14. The Labute approximate surface area is 232 Å². The molecule has 0 atom stereocenters. The Balaban J connectivity index is 1.93. The molecule has 3 rings (SSSR count). The Morgan fingerprint density at radius 3 is 1.72 bits per heavy atom. The number of fused-ring (bicyclic) bond motifs is 1. The predicted molar refractivity (Wildman–Crippen MR) is 158 cm³/mol. The van der Waals surface area contributed by atoms with Crippen LogP contribution >= 0.6 is 0 Å². The van der Waals surface area contributed by atoms with E-state index in [4.69, 9.17) is 9.47 Å². The molecular weight excluding hydrogens is 490 g/mol. The highest BCUT2D eigenvalue weighted by atomic mass is 16.6. The van der Waals surface area contributed by atoms with Crippen molar-refractivity contribution in [3.63, 3.8) is 0 Å². The van der Waals surface area contributed by atoms with Crippen molar-refractivity contribution in [2.45, 2.75) is 85.5 Å². The van der Waals surface area contributed by atoms with Crippen molar-refractivity contribution in [1.82, 2.24) is 10.6 Å². The molecule has 3 aromatic carbocycles. The molecule has 208 valence electrons. The Hall–Kier alpha value is -3.87. The van der Waals surface area contributed by atoms with Crippen LogP contribution in [0.4, 0.5) is 9.59 Å². The van der Waals surface area contributed by atoms with Crippen LogP contribution in [0, 0.1) is 0 Å². The molecule has 2 N–H and O–H groups in total. The van der Waals surface area contributed by atoms with Crippen LogP contribution in [0.5, 0.6) is 0 Å². The molecule has 0 heterocycles. The minimum Gasteiger partial charge on any atom is -0.444 e. The Bertz CT molecular complexity index is 1320. The van der Waals surface area contributed by atoms with E-state index in [0.29, 0.717) is 0 Å². The number of aliphatic imine (C=N–C) groups is 1. The van der Waals surface area contributed by atoms with Gasteiger partial charge in [-0.25, -0.2) is 14.6 Å². The summed E-state index contributed by atoms with van der Waals surface area (Å²) in [5, 5.41) is 7.21. The zero-order valence-electron chi connectivity index (χ0n) is 24.6. The van der Waals surface area contributed by atoms with Crippen LogP contribution in [-0.4, -0.2) is 29.3 Å². The van der Waals surface area contributed by atoms with Crippen LogP contribution in [-0.2, 0) is 21.4 Å². The van der Waals surface area contributed by atoms with Gasteiger partial charge in [-0.3, -0.25) is 10.6 Å². The standard InChI is InChI=1S/C32H41N3O4/c1-30(2,3)23-18-16-21(17-19-23)24-13-11-14-25-22(12-10-15-26(24)25)20-33-27(34-28(36)38-31(4,5)6)35-29(37)39-32(7,8)9/h10-19H,20H2,1-9H3,(H2,33,34,35,36,37). The summed E-state index contributed by atoms with van der Waals surface area (Å²) < 4.78 is 10.7. The van der Waals surface area contributed by atoms with Gasteiger partial charge in [-0.2, -0.15) is 0 Å². The van der Waals surface area contributed by atoms with Gasteiger partial charge in [-0.05, 0) is 80.0 Å². The summed E-state index contributed by atoms with van der Waals surface area (Å²) >= 11 is 0. The topological polar surface area (TPSA) is 89.0 Å². The van der Waals surface area contributed by atoms with Crippen LogP contribution < -0.4 is 10.6 Å². The summed E-state index contributed by atoms with van der Waals surface area (Å²) in [7, 11) is 0. The van der Waals surface area contributed by atoms with E-state index in [0.717, 1.165) is 27.5 Å². The monoisotopic (exact) mass is 531 g/mol. The van der Waals surface area contributed by atoms with Crippen molar-refractivity contribution in [3.05, 3.63) is 71.8 Å². The van der Waals surface area contributed by atoms with Gasteiger partial charge in [0.2, 0.25) is 5.96 Å². The lowest BCUT2D eigenvalue weighted by molar-refractivity contribution is 0.0545. The SMILES string of the molecule is CC(C)(C)OC(=O)NC(=NCc1cccc2c(-c3ccc(C(C)(C)C)cc3)cccc12)NC(=O)OC(C)(C)C. The lowest BCUT2D eigenvalue weighted by Crippen LogP contribution is -2.47. The number of amides is 2. The number of rotatable bonds is 3. The minimum atomic E-state index is -0.726. The van der Waals surface area contributed by atoms with Gasteiger partial charge < -0.3 is 9.47 Å². The Kier molecular flexibility index (Phi) is 8.74. The van der Waals surface area contributed by atoms with E-state index >= 15 is 0 Å². The number of alkyl carbamates (subject to hydrolysis) is 2. The number of guanidine groups is 1. The van der Waals surface area contributed by atoms with E-state index in [9.17, 15) is 9.59 Å². The fourth-order valence-electron chi connectivity index (χ4n) is 3.99. The fourth-order valence-corrected chi connectivity index (χ4v) is 3.99. The van der Waals surface area contributed by atoms with Gasteiger partial charge in [0.1, 0.15) is 11.2 Å². The van der Waals surface area contributed by atoms with Crippen LogP contribution in [0.25, 0.3) is 21.9 Å². The van der Waals surface area contributed by atoms with Gasteiger partial charge in [0.15, 0.2) is 0 Å². The molecule has 0 fully saturated rings. The lowest BCUT2D eigenvalue weighted by Gasteiger charge is -2.22. The quantitative estimate of drug-likeness (QED) is 0.268. The van der Waals surface area contributed by atoms with Gasteiger partial charge in [-0.15, -0.1) is 0 Å². The third kappa shape index (κ3) is 8.84. The summed E-state index contributed by atoms with van der Waals surface area (Å²) in [5.74, 6) is -0.0515. The van der Waals surface area contributed by atoms with Crippen molar-refractivity contribution >= 4 is 28.9 Å². The number of carbonyl (C=O) groups excluding carboxylic acids is 2. The van der Waals surface area contributed by atoms with Gasteiger partial charge in [-0.1, -0.05) is 81.4 Å². The summed E-state index contributed by atoms with van der Waals surface area (Å²) in [6, 6.07) is 20.9. The molecule has 3 aromatic rings. The van der Waals surface area contributed by atoms with Gasteiger partial charge in [0, 0.05) is 0 Å². The number of ether oxygens (including phenoxy) is 2. The highest BCUT2D eigenvalue weighted by Gasteiger charge is 2.21. The van der Waals surface area contributed by atoms with Crippen molar-refractivity contribution in [2.24, 2.45) is 4.99 Å². The molecule has 0 saturated carbocycles. The molecular formula is C32H41N3O4. The average molecular weight is 532 g/mol. The van der Waals surface area contributed by atoms with Crippen LogP contribution in [0.2, 0.25) is 0 Å². The highest BCUT2D eigenvalue weighted by Crippen LogP contribution is 2.32. The second kappa shape index (κ2) is 11.5. The van der Waals surface area contributed by atoms with E-state index in [1.807, 2.05) is 18.2 Å². The van der Waals surface area contributed by atoms with Crippen molar-refractivity contribution in [1.29, 1.82) is 0 Å². The summed E-state index contributed by atoms with van der Waals surface area (Å²) in [6.45, 7) is 17.4. The van der Waals surface area contributed by atoms with E-state index in [-0.39, 0.29) is 17.9 Å². The number of carbonyl (C=O) groups is 2. The Morgan fingerprint density at radius 2 is 1.21 bits per heavy atom.